The zero-order chi connectivity index (χ0) is 13.8. The van der Waals surface area contributed by atoms with Gasteiger partial charge in [0.1, 0.15) is 0 Å². The minimum atomic E-state index is 0.388. The maximum absolute atomic E-state index is 6.14. The summed E-state index contributed by atoms with van der Waals surface area (Å²) in [6.07, 6.45) is 3.54. The Hall–Kier alpha value is -0.510. The largest absolute Gasteiger partial charge is 0.331 e. The molecule has 19 heavy (non-hydrogen) atoms. The van der Waals surface area contributed by atoms with E-state index in [0.717, 1.165) is 28.6 Å². The van der Waals surface area contributed by atoms with E-state index in [1.54, 1.807) is 0 Å². The lowest BCUT2D eigenvalue weighted by Gasteiger charge is -2.18. The molecule has 0 aliphatic heterocycles. The summed E-state index contributed by atoms with van der Waals surface area (Å²) in [6.45, 7) is 4.63. The van der Waals surface area contributed by atoms with E-state index in [9.17, 15) is 0 Å². The van der Waals surface area contributed by atoms with Crippen molar-refractivity contribution in [1.82, 2.24) is 9.55 Å². The molecule has 0 amide bonds. The third-order valence-electron chi connectivity index (χ3n) is 4.07. The monoisotopic (exact) mass is 314 g/mol. The van der Waals surface area contributed by atoms with Crippen molar-refractivity contribution in [3.63, 3.8) is 0 Å². The molecule has 1 unspecified atom stereocenters. The highest BCUT2D eigenvalue weighted by atomic mass is 35.5. The van der Waals surface area contributed by atoms with Gasteiger partial charge in [0, 0.05) is 6.04 Å². The Bertz CT molecular complexity index is 699. The van der Waals surface area contributed by atoms with Crippen LogP contribution in [0.25, 0.3) is 11.0 Å². The van der Waals surface area contributed by atoms with Gasteiger partial charge in [-0.1, -0.05) is 37.0 Å². The molecule has 1 N–H and O–H groups in total. The number of aromatic nitrogens is 2. The number of hydrogen-bond donors (Lipinski definition) is 1. The Morgan fingerprint density at radius 2 is 2.00 bits per heavy atom. The second-order valence-electron chi connectivity index (χ2n) is 6.14. The zero-order valence-electron chi connectivity index (χ0n) is 11.0. The van der Waals surface area contributed by atoms with Crippen LogP contribution in [0.3, 0.4) is 0 Å². The third kappa shape index (κ3) is 2.32. The first-order chi connectivity index (χ1) is 8.87. The van der Waals surface area contributed by atoms with Gasteiger partial charge in [-0.25, -0.2) is 0 Å². The first kappa shape index (κ1) is 13.5. The highest BCUT2D eigenvalue weighted by Crippen LogP contribution is 2.44. The molecule has 1 aromatic carbocycles. The number of benzene rings is 1. The van der Waals surface area contributed by atoms with Crippen LogP contribution in [0, 0.1) is 10.2 Å². The molecule has 1 heterocycles. The Balaban J connectivity index is 2.16. The molecule has 2 nitrogen and oxygen atoms in total. The second kappa shape index (κ2) is 4.51. The van der Waals surface area contributed by atoms with Crippen molar-refractivity contribution in [1.29, 1.82) is 0 Å². The zero-order valence-corrected chi connectivity index (χ0v) is 13.3. The maximum atomic E-state index is 6.14. The summed E-state index contributed by atoms with van der Waals surface area (Å²) in [5.74, 6) is 0. The highest BCUT2D eigenvalue weighted by Gasteiger charge is 2.33. The molecule has 0 spiro atoms. The average molecular weight is 315 g/mol. The van der Waals surface area contributed by atoms with Crippen LogP contribution in [-0.2, 0) is 0 Å². The number of imidazole rings is 1. The highest BCUT2D eigenvalue weighted by molar-refractivity contribution is 7.71. The molecule has 3 rings (SSSR count). The normalized spacial score (nSPS) is 22.2. The summed E-state index contributed by atoms with van der Waals surface area (Å²) in [5.41, 5.74) is 2.41. The van der Waals surface area contributed by atoms with Gasteiger partial charge in [0.05, 0.1) is 21.1 Å². The molecule has 1 atom stereocenters. The Morgan fingerprint density at radius 3 is 2.63 bits per heavy atom. The van der Waals surface area contributed by atoms with E-state index in [4.69, 9.17) is 35.4 Å². The van der Waals surface area contributed by atoms with Crippen molar-refractivity contribution in [2.75, 3.05) is 0 Å². The van der Waals surface area contributed by atoms with Gasteiger partial charge in [-0.2, -0.15) is 0 Å². The van der Waals surface area contributed by atoms with Crippen LogP contribution in [0.2, 0.25) is 10.0 Å². The fourth-order valence-electron chi connectivity index (χ4n) is 3.10. The minimum absolute atomic E-state index is 0.388. The molecule has 1 saturated carbocycles. The van der Waals surface area contributed by atoms with E-state index in [1.165, 1.54) is 6.42 Å². The van der Waals surface area contributed by atoms with Crippen LogP contribution < -0.4 is 0 Å². The van der Waals surface area contributed by atoms with Crippen LogP contribution in [0.4, 0.5) is 0 Å². The van der Waals surface area contributed by atoms with Crippen molar-refractivity contribution < 1.29 is 0 Å². The summed E-state index contributed by atoms with van der Waals surface area (Å²) >= 11 is 17.7. The van der Waals surface area contributed by atoms with Gasteiger partial charge in [-0.05, 0) is 49.0 Å². The molecule has 1 aliphatic carbocycles. The molecule has 1 aromatic heterocycles. The SMILES string of the molecule is CC1(C)CCC(n2c(=S)[nH]c3cc(Cl)c(Cl)cc32)C1. The van der Waals surface area contributed by atoms with Gasteiger partial charge < -0.3 is 9.55 Å². The molecular weight excluding hydrogens is 299 g/mol. The summed E-state index contributed by atoms with van der Waals surface area (Å²) in [5, 5.41) is 1.14. The quantitative estimate of drug-likeness (QED) is 0.664. The van der Waals surface area contributed by atoms with Gasteiger partial charge in [-0.3, -0.25) is 0 Å². The summed E-state index contributed by atoms with van der Waals surface area (Å²) < 4.78 is 2.97. The van der Waals surface area contributed by atoms with Gasteiger partial charge in [0.15, 0.2) is 4.77 Å². The van der Waals surface area contributed by atoms with Crippen LogP contribution in [-0.4, -0.2) is 9.55 Å². The molecule has 0 saturated heterocycles. The number of H-pyrrole nitrogens is 1. The van der Waals surface area contributed by atoms with Crippen molar-refractivity contribution in [3.05, 3.63) is 26.9 Å². The first-order valence-corrected chi connectivity index (χ1v) is 7.63. The third-order valence-corrected chi connectivity index (χ3v) is 5.09. The van der Waals surface area contributed by atoms with E-state index in [-0.39, 0.29) is 0 Å². The lowest BCUT2D eigenvalue weighted by molar-refractivity contribution is 0.360. The minimum Gasteiger partial charge on any atom is -0.331 e. The summed E-state index contributed by atoms with van der Waals surface area (Å²) in [6, 6.07) is 4.22. The number of aromatic amines is 1. The Morgan fingerprint density at radius 1 is 1.32 bits per heavy atom. The van der Waals surface area contributed by atoms with Crippen molar-refractivity contribution >= 4 is 46.5 Å². The van der Waals surface area contributed by atoms with Crippen molar-refractivity contribution in [2.24, 2.45) is 5.41 Å². The molecule has 1 fully saturated rings. The molecule has 102 valence electrons. The van der Waals surface area contributed by atoms with Crippen LogP contribution in [0.5, 0.6) is 0 Å². The summed E-state index contributed by atoms with van der Waals surface area (Å²) in [7, 11) is 0. The van der Waals surface area contributed by atoms with E-state index in [0.29, 0.717) is 21.5 Å². The number of nitrogens with zero attached hydrogens (tertiary/aromatic N) is 1. The molecule has 0 radical (unpaired) electrons. The van der Waals surface area contributed by atoms with E-state index in [2.05, 4.69) is 23.4 Å². The van der Waals surface area contributed by atoms with E-state index in [1.807, 2.05) is 12.1 Å². The predicted octanol–water partition coefficient (Wildman–Crippen LogP) is 5.76. The van der Waals surface area contributed by atoms with Crippen LogP contribution in [0.15, 0.2) is 12.1 Å². The van der Waals surface area contributed by atoms with Gasteiger partial charge in [0.25, 0.3) is 0 Å². The second-order valence-corrected chi connectivity index (χ2v) is 7.35. The van der Waals surface area contributed by atoms with Crippen molar-refractivity contribution in [2.45, 2.75) is 39.2 Å². The van der Waals surface area contributed by atoms with Gasteiger partial charge in [-0.15, -0.1) is 0 Å². The first-order valence-electron chi connectivity index (χ1n) is 6.47. The number of nitrogens with one attached hydrogen (secondary N) is 1. The van der Waals surface area contributed by atoms with E-state index >= 15 is 0 Å². The summed E-state index contributed by atoms with van der Waals surface area (Å²) in [4.78, 5) is 3.23. The molecule has 2 aromatic rings. The number of halogens is 2. The fourth-order valence-corrected chi connectivity index (χ4v) is 3.78. The lowest BCUT2D eigenvalue weighted by Crippen LogP contribution is -2.09. The van der Waals surface area contributed by atoms with Crippen LogP contribution >= 0.6 is 35.4 Å². The number of fused-ring (bicyclic) bond motifs is 1. The molecule has 0 bridgehead atoms. The van der Waals surface area contributed by atoms with Crippen LogP contribution in [0.1, 0.15) is 39.2 Å². The van der Waals surface area contributed by atoms with Crippen molar-refractivity contribution in [3.8, 4) is 0 Å². The maximum Gasteiger partial charge on any atom is 0.178 e. The smallest absolute Gasteiger partial charge is 0.178 e. The molecule has 5 heteroatoms. The Labute approximate surface area is 127 Å². The number of rotatable bonds is 1. The van der Waals surface area contributed by atoms with Gasteiger partial charge >= 0.3 is 0 Å². The lowest BCUT2D eigenvalue weighted by atomic mass is 9.92. The molecule has 1 aliphatic rings. The number of hydrogen-bond acceptors (Lipinski definition) is 1. The molecular formula is C14H16Cl2N2S. The fraction of sp³-hybridized carbons (Fsp3) is 0.500. The topological polar surface area (TPSA) is 20.7 Å². The van der Waals surface area contributed by atoms with Gasteiger partial charge in [0.2, 0.25) is 0 Å². The standard InChI is InChI=1S/C14H16Cl2N2S/c1-14(2)4-3-8(7-14)18-12-6-10(16)9(15)5-11(12)17-13(18)19/h5-6,8H,3-4,7H2,1-2H3,(H,17,19). The Kier molecular flexibility index (Phi) is 3.19. The van der Waals surface area contributed by atoms with E-state index < -0.39 is 0 Å². The predicted molar refractivity (Wildman–Crippen MR) is 83.8 cm³/mol. The average Bonchev–Trinajstić information content (AvgIpc) is 2.79.